The molecule has 0 N–H and O–H groups in total. The van der Waals surface area contributed by atoms with Crippen LogP contribution in [-0.4, -0.2) is 12.9 Å². The van der Waals surface area contributed by atoms with Gasteiger partial charge in [0, 0.05) is 6.42 Å². The van der Waals surface area contributed by atoms with Crippen LogP contribution in [0.1, 0.15) is 12.8 Å². The van der Waals surface area contributed by atoms with Crippen molar-refractivity contribution in [3.8, 4) is 0 Å². The van der Waals surface area contributed by atoms with Gasteiger partial charge in [0.1, 0.15) is 12.4 Å². The van der Waals surface area contributed by atoms with Gasteiger partial charge < -0.3 is 4.74 Å². The predicted molar refractivity (Wildman–Crippen MR) is 47.6 cm³/mol. The van der Waals surface area contributed by atoms with Crippen LogP contribution in [0.25, 0.3) is 0 Å². The first-order chi connectivity index (χ1) is 5.88. The summed E-state index contributed by atoms with van der Waals surface area (Å²) in [5, 5.41) is 0. The van der Waals surface area contributed by atoms with Gasteiger partial charge in [-0.2, -0.15) is 0 Å². The molecule has 2 nitrogen and oxygen atoms in total. The first-order valence-electron chi connectivity index (χ1n) is 3.97. The number of carbonyl (C=O) groups is 1. The van der Waals surface area contributed by atoms with Crippen LogP contribution in [0.3, 0.4) is 0 Å². The van der Waals surface area contributed by atoms with Crippen LogP contribution in [0.5, 0.6) is 0 Å². The standard InChI is InChI=1S/C10H12O2/c1-2-7-12-10-6-4-3-5-9(10)8-11/h2-3,5,8H,1,4,6-7H2. The molecule has 0 aromatic heterocycles. The Morgan fingerprint density at radius 1 is 1.67 bits per heavy atom. The molecule has 0 amide bonds. The molecule has 12 heavy (non-hydrogen) atoms. The van der Waals surface area contributed by atoms with Crippen molar-refractivity contribution in [2.45, 2.75) is 12.8 Å². The lowest BCUT2D eigenvalue weighted by molar-refractivity contribution is -0.104. The number of ether oxygens (including phenoxy) is 1. The van der Waals surface area contributed by atoms with Crippen LogP contribution in [0.15, 0.2) is 36.1 Å². The lowest BCUT2D eigenvalue weighted by Gasteiger charge is -2.12. The van der Waals surface area contributed by atoms with Crippen molar-refractivity contribution in [3.05, 3.63) is 36.1 Å². The Hall–Kier alpha value is -1.31. The molecule has 1 aliphatic rings. The average molecular weight is 164 g/mol. The molecule has 0 aromatic rings. The highest BCUT2D eigenvalue weighted by Gasteiger charge is 2.07. The van der Waals surface area contributed by atoms with E-state index >= 15 is 0 Å². The van der Waals surface area contributed by atoms with Gasteiger partial charge in [0.15, 0.2) is 6.29 Å². The Labute approximate surface area is 72.2 Å². The summed E-state index contributed by atoms with van der Waals surface area (Å²) >= 11 is 0. The summed E-state index contributed by atoms with van der Waals surface area (Å²) in [5.41, 5.74) is 0.656. The molecule has 0 fully saturated rings. The maximum Gasteiger partial charge on any atom is 0.153 e. The maximum atomic E-state index is 10.5. The van der Waals surface area contributed by atoms with Crippen molar-refractivity contribution in [1.29, 1.82) is 0 Å². The molecule has 0 saturated carbocycles. The third-order valence-corrected chi connectivity index (χ3v) is 1.66. The van der Waals surface area contributed by atoms with Crippen LogP contribution < -0.4 is 0 Å². The zero-order valence-corrected chi connectivity index (χ0v) is 6.95. The van der Waals surface area contributed by atoms with E-state index in [9.17, 15) is 4.79 Å². The lowest BCUT2D eigenvalue weighted by Crippen LogP contribution is -2.00. The quantitative estimate of drug-likeness (QED) is 0.469. The second-order valence-electron chi connectivity index (χ2n) is 2.54. The van der Waals surface area contributed by atoms with E-state index in [4.69, 9.17) is 4.74 Å². The van der Waals surface area contributed by atoms with Gasteiger partial charge in [0.2, 0.25) is 0 Å². The Bertz CT molecular complexity index is 236. The molecule has 0 heterocycles. The normalized spacial score (nSPS) is 16.0. The topological polar surface area (TPSA) is 26.3 Å². The average Bonchev–Trinajstić information content (AvgIpc) is 2.15. The van der Waals surface area contributed by atoms with Crippen molar-refractivity contribution in [1.82, 2.24) is 0 Å². The summed E-state index contributed by atoms with van der Waals surface area (Å²) in [5.74, 6) is 0.785. The molecular formula is C10H12O2. The second-order valence-corrected chi connectivity index (χ2v) is 2.54. The maximum absolute atomic E-state index is 10.5. The molecule has 0 saturated heterocycles. The first-order valence-corrected chi connectivity index (χ1v) is 3.97. The monoisotopic (exact) mass is 164 g/mol. The number of hydrogen-bond donors (Lipinski definition) is 0. The van der Waals surface area contributed by atoms with Crippen molar-refractivity contribution in [3.63, 3.8) is 0 Å². The van der Waals surface area contributed by atoms with E-state index in [0.29, 0.717) is 12.2 Å². The largest absolute Gasteiger partial charge is 0.493 e. The molecule has 0 aromatic carbocycles. The summed E-state index contributed by atoms with van der Waals surface area (Å²) in [6.45, 7) is 4.01. The molecule has 0 unspecified atom stereocenters. The van der Waals surface area contributed by atoms with Gasteiger partial charge >= 0.3 is 0 Å². The zero-order chi connectivity index (χ0) is 8.81. The van der Waals surface area contributed by atoms with E-state index in [-0.39, 0.29) is 0 Å². The van der Waals surface area contributed by atoms with Gasteiger partial charge in [0.25, 0.3) is 0 Å². The number of allylic oxidation sites excluding steroid dienone is 4. The molecule has 0 spiro atoms. The van der Waals surface area contributed by atoms with E-state index in [1.807, 2.05) is 6.08 Å². The summed E-state index contributed by atoms with van der Waals surface area (Å²) in [7, 11) is 0. The van der Waals surface area contributed by atoms with Gasteiger partial charge in [-0.25, -0.2) is 0 Å². The smallest absolute Gasteiger partial charge is 0.153 e. The van der Waals surface area contributed by atoms with Crippen molar-refractivity contribution >= 4 is 6.29 Å². The van der Waals surface area contributed by atoms with Crippen LogP contribution in [0.4, 0.5) is 0 Å². The van der Waals surface area contributed by atoms with Crippen molar-refractivity contribution in [2.75, 3.05) is 6.61 Å². The molecule has 2 heteroatoms. The van der Waals surface area contributed by atoms with Gasteiger partial charge in [-0.15, -0.1) is 0 Å². The highest BCUT2D eigenvalue weighted by atomic mass is 16.5. The Balaban J connectivity index is 2.66. The number of hydrogen-bond acceptors (Lipinski definition) is 2. The van der Waals surface area contributed by atoms with E-state index in [1.165, 1.54) is 0 Å². The minimum Gasteiger partial charge on any atom is -0.493 e. The van der Waals surface area contributed by atoms with Crippen LogP contribution in [-0.2, 0) is 9.53 Å². The van der Waals surface area contributed by atoms with Crippen LogP contribution in [0, 0.1) is 0 Å². The predicted octanol–water partition coefficient (Wildman–Crippen LogP) is 1.99. The molecule has 1 aliphatic carbocycles. The Kier molecular flexibility index (Phi) is 3.33. The number of carbonyl (C=O) groups excluding carboxylic acids is 1. The molecule has 1 rings (SSSR count). The highest BCUT2D eigenvalue weighted by molar-refractivity contribution is 5.78. The molecule has 0 radical (unpaired) electrons. The van der Waals surface area contributed by atoms with Crippen LogP contribution in [0.2, 0.25) is 0 Å². The number of rotatable bonds is 4. The van der Waals surface area contributed by atoms with Gasteiger partial charge in [0.05, 0.1) is 5.57 Å². The molecular weight excluding hydrogens is 152 g/mol. The Morgan fingerprint density at radius 2 is 2.50 bits per heavy atom. The fraction of sp³-hybridized carbons (Fsp3) is 0.300. The third-order valence-electron chi connectivity index (χ3n) is 1.66. The van der Waals surface area contributed by atoms with Gasteiger partial charge in [-0.05, 0) is 6.42 Å². The molecule has 0 atom stereocenters. The Morgan fingerprint density at radius 3 is 3.17 bits per heavy atom. The lowest BCUT2D eigenvalue weighted by atomic mass is 10.1. The summed E-state index contributed by atoms with van der Waals surface area (Å²) in [6, 6.07) is 0. The summed E-state index contributed by atoms with van der Waals surface area (Å²) < 4.78 is 5.31. The first kappa shape index (κ1) is 8.78. The van der Waals surface area contributed by atoms with E-state index in [1.54, 1.807) is 12.2 Å². The summed E-state index contributed by atoms with van der Waals surface area (Å²) in [6.07, 6.45) is 8.05. The SMILES string of the molecule is C=CCOC1=C(C=O)C=CCC1. The van der Waals surface area contributed by atoms with E-state index in [0.717, 1.165) is 24.9 Å². The fourth-order valence-corrected chi connectivity index (χ4v) is 1.08. The number of aldehydes is 1. The third kappa shape index (κ3) is 2.09. The van der Waals surface area contributed by atoms with Crippen molar-refractivity contribution in [2.24, 2.45) is 0 Å². The van der Waals surface area contributed by atoms with E-state index in [2.05, 4.69) is 6.58 Å². The molecule has 0 aliphatic heterocycles. The van der Waals surface area contributed by atoms with Crippen LogP contribution >= 0.6 is 0 Å². The second kappa shape index (κ2) is 4.54. The zero-order valence-electron chi connectivity index (χ0n) is 6.95. The van der Waals surface area contributed by atoms with E-state index < -0.39 is 0 Å². The highest BCUT2D eigenvalue weighted by Crippen LogP contribution is 2.18. The van der Waals surface area contributed by atoms with Gasteiger partial charge in [-0.1, -0.05) is 24.8 Å². The minimum absolute atomic E-state index is 0.473. The van der Waals surface area contributed by atoms with Gasteiger partial charge in [-0.3, -0.25) is 4.79 Å². The fourth-order valence-electron chi connectivity index (χ4n) is 1.08. The molecule has 64 valence electrons. The van der Waals surface area contributed by atoms with Crippen molar-refractivity contribution < 1.29 is 9.53 Å². The minimum atomic E-state index is 0.473. The summed E-state index contributed by atoms with van der Waals surface area (Å²) in [4.78, 5) is 10.5. The molecule has 0 bridgehead atoms.